The zero-order chi connectivity index (χ0) is 24.5. The van der Waals surface area contributed by atoms with E-state index in [1.54, 1.807) is 9.21 Å². The number of rotatable bonds is 4. The summed E-state index contributed by atoms with van der Waals surface area (Å²) in [6.45, 7) is 11.3. The van der Waals surface area contributed by atoms with Crippen molar-refractivity contribution in [1.82, 2.24) is 14.9 Å². The van der Waals surface area contributed by atoms with Gasteiger partial charge < -0.3 is 14.5 Å². The van der Waals surface area contributed by atoms with E-state index < -0.39 is 15.6 Å². The van der Waals surface area contributed by atoms with E-state index in [1.807, 2.05) is 27.7 Å². The summed E-state index contributed by atoms with van der Waals surface area (Å²) in [7, 11) is -3.41. The zero-order valence-corrected chi connectivity index (χ0v) is 21.8. The third kappa shape index (κ3) is 4.12. The van der Waals surface area contributed by atoms with Gasteiger partial charge in [-0.3, -0.25) is 4.31 Å². The molecular weight excluding hydrogens is 454 g/mol. The van der Waals surface area contributed by atoms with E-state index in [2.05, 4.69) is 16.8 Å². The predicted molar refractivity (Wildman–Crippen MR) is 131 cm³/mol. The molecule has 9 nitrogen and oxygen atoms in total. The Morgan fingerprint density at radius 1 is 1.12 bits per heavy atom. The van der Waals surface area contributed by atoms with E-state index >= 15 is 0 Å². The van der Waals surface area contributed by atoms with E-state index in [1.165, 1.54) is 6.33 Å². The van der Waals surface area contributed by atoms with Crippen molar-refractivity contribution >= 4 is 27.8 Å². The molecule has 188 valence electrons. The Morgan fingerprint density at radius 3 is 2.38 bits per heavy atom. The van der Waals surface area contributed by atoms with E-state index in [9.17, 15) is 13.2 Å². The average molecular weight is 492 g/mol. The second kappa shape index (κ2) is 7.96. The summed E-state index contributed by atoms with van der Waals surface area (Å²) in [6.07, 6.45) is 6.20. The Labute approximate surface area is 202 Å². The number of piperazine rings is 1. The van der Waals surface area contributed by atoms with Crippen LogP contribution in [0.2, 0.25) is 0 Å². The molecule has 1 amide bonds. The second-order valence-corrected chi connectivity index (χ2v) is 13.7. The fourth-order valence-corrected chi connectivity index (χ4v) is 7.54. The lowest BCUT2D eigenvalue weighted by molar-refractivity contribution is 0.0129. The molecule has 0 unspecified atom stereocenters. The first-order valence-electron chi connectivity index (χ1n) is 12.5. The van der Waals surface area contributed by atoms with Gasteiger partial charge in [0.1, 0.15) is 17.7 Å². The molecule has 0 radical (unpaired) electrons. The standard InChI is InChI=1S/C24H37N5O4S/c1-16-12-28(22(30)33-23(3,4)5)17(2)11-27(16)20-19-21(26-15-25-20)29(14-24(19)9-6-10-24)34(31,32)13-18-7-8-18/h15-18H,6-14H2,1-5H3/t16-,17+/m0/s1. The van der Waals surface area contributed by atoms with Gasteiger partial charge in [-0.2, -0.15) is 0 Å². The highest BCUT2D eigenvalue weighted by Crippen LogP contribution is 2.55. The van der Waals surface area contributed by atoms with E-state index in [4.69, 9.17) is 9.72 Å². The maximum atomic E-state index is 13.3. The van der Waals surface area contributed by atoms with Crippen molar-refractivity contribution in [3.8, 4) is 0 Å². The minimum absolute atomic E-state index is 0.0111. The van der Waals surface area contributed by atoms with Crippen LogP contribution in [0.5, 0.6) is 0 Å². The molecule has 2 atom stereocenters. The molecule has 0 bridgehead atoms. The highest BCUT2D eigenvalue weighted by molar-refractivity contribution is 7.92. The Morgan fingerprint density at radius 2 is 1.79 bits per heavy atom. The van der Waals surface area contributed by atoms with Crippen molar-refractivity contribution in [3.05, 3.63) is 11.9 Å². The number of amides is 1. The number of sulfonamides is 1. The zero-order valence-electron chi connectivity index (χ0n) is 21.0. The number of anilines is 2. The molecule has 3 fully saturated rings. The summed E-state index contributed by atoms with van der Waals surface area (Å²) < 4.78 is 33.8. The first-order valence-corrected chi connectivity index (χ1v) is 14.1. The van der Waals surface area contributed by atoms with Gasteiger partial charge in [-0.25, -0.2) is 23.2 Å². The average Bonchev–Trinajstić information content (AvgIpc) is 3.42. The fourth-order valence-electron chi connectivity index (χ4n) is 5.59. The molecule has 5 rings (SSSR count). The van der Waals surface area contributed by atoms with Crippen molar-refractivity contribution < 1.29 is 17.9 Å². The van der Waals surface area contributed by atoms with Crippen molar-refractivity contribution in [2.45, 2.75) is 89.8 Å². The smallest absolute Gasteiger partial charge is 0.410 e. The number of carbonyl (C=O) groups excluding carboxylic acids is 1. The Kier molecular flexibility index (Phi) is 5.53. The van der Waals surface area contributed by atoms with Gasteiger partial charge in [-0.05, 0) is 66.2 Å². The van der Waals surface area contributed by atoms with Gasteiger partial charge >= 0.3 is 6.09 Å². The molecule has 1 saturated heterocycles. The number of carbonyl (C=O) groups is 1. The van der Waals surface area contributed by atoms with E-state index in [-0.39, 0.29) is 35.3 Å². The molecule has 3 heterocycles. The molecule has 0 N–H and O–H groups in total. The summed E-state index contributed by atoms with van der Waals surface area (Å²) in [5.74, 6) is 1.90. The van der Waals surface area contributed by atoms with Crippen molar-refractivity contribution in [1.29, 1.82) is 0 Å². The highest BCUT2D eigenvalue weighted by Gasteiger charge is 2.54. The van der Waals surface area contributed by atoms with Gasteiger partial charge in [-0.15, -0.1) is 0 Å². The normalized spacial score (nSPS) is 26.4. The van der Waals surface area contributed by atoms with Gasteiger partial charge in [0.05, 0.1) is 5.75 Å². The van der Waals surface area contributed by atoms with Crippen LogP contribution in [0.4, 0.5) is 16.4 Å². The number of fused-ring (bicyclic) bond motifs is 2. The summed E-state index contributed by atoms with van der Waals surface area (Å²) in [6, 6.07) is -0.0536. The largest absolute Gasteiger partial charge is 0.444 e. The molecule has 2 saturated carbocycles. The maximum Gasteiger partial charge on any atom is 0.410 e. The van der Waals surface area contributed by atoms with E-state index in [0.29, 0.717) is 25.5 Å². The summed E-state index contributed by atoms with van der Waals surface area (Å²) in [4.78, 5) is 26.1. The van der Waals surface area contributed by atoms with Gasteiger partial charge in [-0.1, -0.05) is 6.42 Å². The van der Waals surface area contributed by atoms with Gasteiger partial charge in [0.2, 0.25) is 10.0 Å². The van der Waals surface area contributed by atoms with Gasteiger partial charge in [0.15, 0.2) is 5.82 Å². The topological polar surface area (TPSA) is 95.9 Å². The van der Waals surface area contributed by atoms with Crippen LogP contribution in [-0.4, -0.2) is 72.5 Å². The molecule has 2 aliphatic heterocycles. The lowest BCUT2D eigenvalue weighted by Crippen LogP contribution is -2.59. The van der Waals surface area contributed by atoms with E-state index in [0.717, 1.165) is 43.5 Å². The molecule has 2 aliphatic carbocycles. The van der Waals surface area contributed by atoms with Crippen LogP contribution >= 0.6 is 0 Å². The lowest BCUT2D eigenvalue weighted by atomic mass is 9.66. The molecule has 1 spiro atoms. The van der Waals surface area contributed by atoms with Gasteiger partial charge in [0.25, 0.3) is 0 Å². The number of hydrogen-bond acceptors (Lipinski definition) is 7. The first-order chi connectivity index (χ1) is 15.9. The minimum Gasteiger partial charge on any atom is -0.444 e. The summed E-state index contributed by atoms with van der Waals surface area (Å²) in [5.41, 5.74) is 0.246. The monoisotopic (exact) mass is 491 g/mol. The number of nitrogens with zero attached hydrogens (tertiary/aromatic N) is 5. The summed E-state index contributed by atoms with van der Waals surface area (Å²) >= 11 is 0. The SMILES string of the molecule is C[C@@H]1CN(c2ncnc3c2C2(CCC2)CN3S(=O)(=O)CC2CC2)[C@@H](C)CN1C(=O)OC(C)(C)C. The number of hydrogen-bond donors (Lipinski definition) is 0. The molecule has 10 heteroatoms. The highest BCUT2D eigenvalue weighted by atomic mass is 32.2. The molecule has 34 heavy (non-hydrogen) atoms. The lowest BCUT2D eigenvalue weighted by Gasteiger charge is -2.46. The van der Waals surface area contributed by atoms with Crippen LogP contribution in [-0.2, 0) is 20.2 Å². The minimum atomic E-state index is -3.41. The third-order valence-electron chi connectivity index (χ3n) is 7.70. The molecule has 0 aromatic carbocycles. The Bertz CT molecular complexity index is 1080. The molecular formula is C24H37N5O4S. The third-order valence-corrected chi connectivity index (χ3v) is 9.56. The predicted octanol–water partition coefficient (Wildman–Crippen LogP) is 3.29. The maximum absolute atomic E-state index is 13.3. The van der Waals surface area contributed by atoms with Crippen molar-refractivity contribution in [2.24, 2.45) is 5.92 Å². The number of aromatic nitrogens is 2. The first kappa shape index (κ1) is 23.6. The van der Waals surface area contributed by atoms with Crippen LogP contribution < -0.4 is 9.21 Å². The molecule has 1 aromatic rings. The van der Waals surface area contributed by atoms with Crippen molar-refractivity contribution in [2.75, 3.05) is 34.6 Å². The van der Waals surface area contributed by atoms with Gasteiger partial charge in [0, 0.05) is 42.7 Å². The van der Waals surface area contributed by atoms with Crippen LogP contribution in [0, 0.1) is 5.92 Å². The van der Waals surface area contributed by atoms with Crippen molar-refractivity contribution in [3.63, 3.8) is 0 Å². The fraction of sp³-hybridized carbons (Fsp3) is 0.792. The van der Waals surface area contributed by atoms with Crippen LogP contribution in [0.25, 0.3) is 0 Å². The van der Waals surface area contributed by atoms with Crippen LogP contribution in [0.1, 0.15) is 72.3 Å². The quantitative estimate of drug-likeness (QED) is 0.638. The Balaban J connectivity index is 1.45. The van der Waals surface area contributed by atoms with Crippen LogP contribution in [0.15, 0.2) is 6.33 Å². The molecule has 4 aliphatic rings. The Hall–Kier alpha value is -2.10. The number of ether oxygens (including phenoxy) is 1. The summed E-state index contributed by atoms with van der Waals surface area (Å²) in [5, 5.41) is 0. The van der Waals surface area contributed by atoms with Crippen LogP contribution in [0.3, 0.4) is 0 Å². The molecule has 1 aromatic heterocycles. The second-order valence-electron chi connectivity index (χ2n) is 11.7.